The smallest absolute Gasteiger partial charge is 0.309 e. The Hall–Kier alpha value is -2.97. The highest BCUT2D eigenvalue weighted by Crippen LogP contribution is 2.30. The molecule has 0 radical (unpaired) electrons. The van der Waals surface area contributed by atoms with Crippen molar-refractivity contribution < 1.29 is 31.2 Å². The third kappa shape index (κ3) is 6.66. The second-order valence-electron chi connectivity index (χ2n) is 8.91. The van der Waals surface area contributed by atoms with Crippen molar-refractivity contribution in [3.63, 3.8) is 0 Å². The minimum Gasteiger partial charge on any atom is -0.455 e. The zero-order valence-electron chi connectivity index (χ0n) is 21.5. The van der Waals surface area contributed by atoms with Gasteiger partial charge in [-0.15, -0.1) is 11.3 Å². The van der Waals surface area contributed by atoms with Gasteiger partial charge in [-0.1, -0.05) is 35.9 Å². The summed E-state index contributed by atoms with van der Waals surface area (Å²) in [5.74, 6) is -1.84. The molecule has 1 amide bonds. The van der Waals surface area contributed by atoms with Crippen molar-refractivity contribution in [3.8, 4) is 0 Å². The maximum atomic E-state index is 13.3. The van der Waals surface area contributed by atoms with Gasteiger partial charge in [0.15, 0.2) is 6.61 Å². The van der Waals surface area contributed by atoms with Crippen LogP contribution in [-0.4, -0.2) is 59.3 Å². The Morgan fingerprint density at radius 1 is 1.05 bits per heavy atom. The molecule has 0 aliphatic carbocycles. The lowest BCUT2D eigenvalue weighted by Gasteiger charge is -2.29. The van der Waals surface area contributed by atoms with Crippen LogP contribution >= 0.6 is 22.9 Å². The van der Waals surface area contributed by atoms with Gasteiger partial charge in [0.25, 0.3) is 26.0 Å². The summed E-state index contributed by atoms with van der Waals surface area (Å²) in [5, 5.41) is 4.30. The van der Waals surface area contributed by atoms with Crippen LogP contribution in [0.25, 0.3) is 0 Å². The quantitative estimate of drug-likeness (QED) is 0.334. The van der Waals surface area contributed by atoms with Crippen LogP contribution in [0.5, 0.6) is 0 Å². The third-order valence-corrected chi connectivity index (χ3v) is 11.9. The molecule has 40 heavy (non-hydrogen) atoms. The van der Waals surface area contributed by atoms with E-state index in [1.54, 1.807) is 54.8 Å². The van der Waals surface area contributed by atoms with Crippen LogP contribution in [0.1, 0.15) is 19.8 Å². The number of carbonyl (C=O) groups is 2. The van der Waals surface area contributed by atoms with Crippen LogP contribution in [0.3, 0.4) is 0 Å². The first-order chi connectivity index (χ1) is 19.0. The van der Waals surface area contributed by atoms with Crippen LogP contribution in [0.2, 0.25) is 5.02 Å². The van der Waals surface area contributed by atoms with Gasteiger partial charge in [-0.25, -0.2) is 16.8 Å². The number of amides is 1. The second-order valence-corrected chi connectivity index (χ2v) is 14.3. The molecule has 4 rings (SSSR count). The summed E-state index contributed by atoms with van der Waals surface area (Å²) in [4.78, 5) is 25.0. The normalized spacial score (nSPS) is 14.9. The number of ether oxygens (including phenoxy) is 1. The Morgan fingerprint density at radius 3 is 2.38 bits per heavy atom. The molecule has 14 heteroatoms. The molecule has 1 fully saturated rings. The zero-order valence-corrected chi connectivity index (χ0v) is 24.7. The van der Waals surface area contributed by atoms with Crippen molar-refractivity contribution in [1.29, 1.82) is 0 Å². The Morgan fingerprint density at radius 2 is 1.75 bits per heavy atom. The molecule has 0 unspecified atom stereocenters. The predicted molar refractivity (Wildman–Crippen MR) is 153 cm³/mol. The molecule has 10 nitrogen and oxygen atoms in total. The largest absolute Gasteiger partial charge is 0.455 e. The van der Waals surface area contributed by atoms with E-state index in [1.165, 1.54) is 26.8 Å². The van der Waals surface area contributed by atoms with Gasteiger partial charge < -0.3 is 10.1 Å². The molecule has 0 spiro atoms. The molecular formula is C26H28ClN3O7S3. The molecule has 1 saturated heterocycles. The molecule has 1 N–H and O–H groups in total. The fourth-order valence-electron chi connectivity index (χ4n) is 4.28. The second kappa shape index (κ2) is 12.7. The highest BCUT2D eigenvalue weighted by atomic mass is 35.5. The molecule has 2 heterocycles. The lowest BCUT2D eigenvalue weighted by molar-refractivity contribution is -0.152. The number of anilines is 2. The van der Waals surface area contributed by atoms with Crippen molar-refractivity contribution in [2.75, 3.05) is 35.9 Å². The first-order valence-electron chi connectivity index (χ1n) is 12.4. The van der Waals surface area contributed by atoms with E-state index in [0.29, 0.717) is 5.69 Å². The molecule has 0 bridgehead atoms. The average Bonchev–Trinajstić information content (AvgIpc) is 3.50. The lowest BCUT2D eigenvalue weighted by atomic mass is 9.98. The standard InChI is InChI=1S/C26H28ClN3O7S3/c1-2-30(20-7-4-3-5-8-20)39(33,34)21-10-11-22(27)23(17-21)28-24(31)18-37-26(32)19-12-14-29(15-13-19)40(35,36)25-9-6-16-38-25/h3-11,16-17,19H,2,12-15,18H2,1H3,(H,28,31). The maximum absolute atomic E-state index is 13.3. The minimum atomic E-state index is -3.96. The number of benzene rings is 2. The number of esters is 1. The summed E-state index contributed by atoms with van der Waals surface area (Å²) in [6.45, 7) is 1.63. The van der Waals surface area contributed by atoms with Crippen LogP contribution in [-0.2, 0) is 34.4 Å². The van der Waals surface area contributed by atoms with Crippen LogP contribution in [0.15, 0.2) is 75.1 Å². The SMILES string of the molecule is CCN(c1ccccc1)S(=O)(=O)c1ccc(Cl)c(NC(=O)COC(=O)C2CCN(S(=O)(=O)c3cccs3)CC2)c1. The third-order valence-electron chi connectivity index (χ3n) is 6.35. The van der Waals surface area contributed by atoms with E-state index in [0.717, 1.165) is 11.3 Å². The summed E-state index contributed by atoms with van der Waals surface area (Å²) in [6.07, 6.45) is 0.540. The molecule has 1 aromatic heterocycles. The molecule has 1 aliphatic heterocycles. The summed E-state index contributed by atoms with van der Waals surface area (Å²) in [7, 11) is -7.55. The summed E-state index contributed by atoms with van der Waals surface area (Å²) >= 11 is 7.34. The van der Waals surface area contributed by atoms with E-state index in [4.69, 9.17) is 16.3 Å². The molecular weight excluding hydrogens is 598 g/mol. The number of rotatable bonds is 10. The van der Waals surface area contributed by atoms with Crippen molar-refractivity contribution in [1.82, 2.24) is 4.31 Å². The van der Waals surface area contributed by atoms with Gasteiger partial charge >= 0.3 is 5.97 Å². The summed E-state index contributed by atoms with van der Waals surface area (Å²) in [6, 6.07) is 15.8. The molecule has 2 aromatic carbocycles. The molecule has 0 saturated carbocycles. The number of nitrogens with zero attached hydrogens (tertiary/aromatic N) is 2. The van der Waals surface area contributed by atoms with Crippen molar-refractivity contribution >= 4 is 66.2 Å². The van der Waals surface area contributed by atoms with E-state index < -0.39 is 44.4 Å². The monoisotopic (exact) mass is 625 g/mol. The van der Waals surface area contributed by atoms with Crippen LogP contribution < -0.4 is 9.62 Å². The van der Waals surface area contributed by atoms with Crippen molar-refractivity contribution in [2.24, 2.45) is 5.92 Å². The highest BCUT2D eigenvalue weighted by Gasteiger charge is 2.33. The zero-order chi connectivity index (χ0) is 28.9. The molecule has 214 valence electrons. The first-order valence-corrected chi connectivity index (χ1v) is 16.5. The number of para-hydroxylation sites is 1. The number of hydrogen-bond donors (Lipinski definition) is 1. The minimum absolute atomic E-state index is 0.0556. The van der Waals surface area contributed by atoms with Gasteiger partial charge in [0.1, 0.15) is 4.21 Å². The lowest BCUT2D eigenvalue weighted by Crippen LogP contribution is -2.40. The summed E-state index contributed by atoms with van der Waals surface area (Å²) in [5.41, 5.74) is 0.549. The Balaban J connectivity index is 1.34. The van der Waals surface area contributed by atoms with E-state index in [9.17, 15) is 26.4 Å². The topological polar surface area (TPSA) is 130 Å². The number of thiophene rings is 1. The molecule has 0 atom stereocenters. The number of sulfonamides is 2. The molecule has 1 aliphatic rings. The predicted octanol–water partition coefficient (Wildman–Crippen LogP) is 4.20. The number of halogens is 1. The Bertz CT molecular complexity index is 1560. The average molecular weight is 626 g/mol. The number of piperidine rings is 1. The van der Waals surface area contributed by atoms with E-state index >= 15 is 0 Å². The van der Waals surface area contributed by atoms with Gasteiger partial charge in [0, 0.05) is 19.6 Å². The number of carbonyl (C=O) groups excluding carboxylic acids is 2. The summed E-state index contributed by atoms with van der Waals surface area (Å²) < 4.78 is 60.0. The van der Waals surface area contributed by atoms with E-state index in [2.05, 4.69) is 5.32 Å². The fraction of sp³-hybridized carbons (Fsp3) is 0.308. The Labute approximate surface area is 242 Å². The van der Waals surface area contributed by atoms with Gasteiger partial charge in [-0.05, 0) is 61.5 Å². The van der Waals surface area contributed by atoms with Crippen molar-refractivity contribution in [3.05, 3.63) is 71.1 Å². The molecule has 3 aromatic rings. The van der Waals surface area contributed by atoms with E-state index in [-0.39, 0.29) is 52.3 Å². The fourth-order valence-corrected chi connectivity index (χ4v) is 8.56. The van der Waals surface area contributed by atoms with E-state index in [1.807, 2.05) is 0 Å². The van der Waals surface area contributed by atoms with Gasteiger partial charge in [-0.2, -0.15) is 4.31 Å². The number of nitrogens with one attached hydrogen (secondary N) is 1. The Kier molecular flexibility index (Phi) is 9.52. The maximum Gasteiger partial charge on any atom is 0.309 e. The van der Waals surface area contributed by atoms with Crippen LogP contribution in [0.4, 0.5) is 11.4 Å². The highest BCUT2D eigenvalue weighted by molar-refractivity contribution is 7.92. The van der Waals surface area contributed by atoms with Crippen LogP contribution in [0, 0.1) is 5.92 Å². The van der Waals surface area contributed by atoms with Crippen molar-refractivity contribution in [2.45, 2.75) is 28.9 Å². The first kappa shape index (κ1) is 30.0. The van der Waals surface area contributed by atoms with Gasteiger partial charge in [0.2, 0.25) is 0 Å². The number of hydrogen-bond acceptors (Lipinski definition) is 8. The van der Waals surface area contributed by atoms with Gasteiger partial charge in [-0.3, -0.25) is 13.9 Å². The van der Waals surface area contributed by atoms with Gasteiger partial charge in [0.05, 0.1) is 27.2 Å².